The molecule has 10 heteroatoms. The van der Waals surface area contributed by atoms with Crippen LogP contribution >= 0.6 is 11.8 Å². The van der Waals surface area contributed by atoms with Gasteiger partial charge in [0.05, 0.1) is 16.1 Å². The van der Waals surface area contributed by atoms with Crippen molar-refractivity contribution in [3.05, 3.63) is 65.4 Å². The number of nitrogens with one attached hydrogen (secondary N) is 1. The predicted molar refractivity (Wildman–Crippen MR) is 106 cm³/mol. The summed E-state index contributed by atoms with van der Waals surface area (Å²) in [5, 5.41) is 0.735. The molecule has 0 unspecified atom stereocenters. The normalized spacial score (nSPS) is 11.8. The molecule has 28 heavy (non-hydrogen) atoms. The molecule has 0 saturated carbocycles. The topological polar surface area (TPSA) is 99.1 Å². The van der Waals surface area contributed by atoms with E-state index < -0.39 is 15.8 Å². The van der Waals surface area contributed by atoms with Crippen molar-refractivity contribution in [3.8, 4) is 0 Å². The highest BCUT2D eigenvalue weighted by Gasteiger charge is 2.19. The monoisotopic (exact) mass is 416 g/mol. The molecule has 0 aliphatic carbocycles. The maximum atomic E-state index is 12.9. The number of hydrogen-bond acceptors (Lipinski definition) is 6. The predicted octanol–water partition coefficient (Wildman–Crippen LogP) is 2.82. The second kappa shape index (κ2) is 6.88. The van der Waals surface area contributed by atoms with Crippen molar-refractivity contribution < 1.29 is 12.8 Å². The number of nitrogens with zero attached hydrogens (tertiary/aromatic N) is 3. The van der Waals surface area contributed by atoms with Gasteiger partial charge in [0.25, 0.3) is 10.0 Å². The molecule has 2 aromatic carbocycles. The van der Waals surface area contributed by atoms with E-state index in [2.05, 4.69) is 9.71 Å². The zero-order valence-corrected chi connectivity index (χ0v) is 16.6. The Morgan fingerprint density at radius 2 is 1.93 bits per heavy atom. The highest BCUT2D eigenvalue weighted by atomic mass is 32.2. The summed E-state index contributed by atoms with van der Waals surface area (Å²) in [4.78, 5) is 16.6. The largest absolute Gasteiger partial charge is 0.419 e. The molecule has 0 aliphatic heterocycles. The van der Waals surface area contributed by atoms with Crippen molar-refractivity contribution in [3.63, 3.8) is 0 Å². The minimum Gasteiger partial charge on any atom is -0.408 e. The molecular weight excluding hydrogens is 400 g/mol. The lowest BCUT2D eigenvalue weighted by Gasteiger charge is -2.12. The van der Waals surface area contributed by atoms with Crippen LogP contribution < -0.4 is 10.5 Å². The molecule has 0 radical (unpaired) electrons. The van der Waals surface area contributed by atoms with E-state index in [1.54, 1.807) is 31.4 Å². The van der Waals surface area contributed by atoms with Crippen molar-refractivity contribution in [2.24, 2.45) is 14.1 Å². The van der Waals surface area contributed by atoms with Crippen LogP contribution in [0.3, 0.4) is 0 Å². The summed E-state index contributed by atoms with van der Waals surface area (Å²) in [6.07, 6.45) is 3.50. The molecule has 0 saturated heterocycles. The quantitative estimate of drug-likeness (QED) is 0.537. The molecule has 2 heterocycles. The molecule has 0 atom stereocenters. The fraction of sp³-hybridized carbons (Fsp3) is 0.111. The summed E-state index contributed by atoms with van der Waals surface area (Å²) in [5.74, 6) is -0.547. The van der Waals surface area contributed by atoms with E-state index in [9.17, 15) is 13.2 Å². The summed E-state index contributed by atoms with van der Waals surface area (Å²) in [6.45, 7) is 0. The van der Waals surface area contributed by atoms with Crippen LogP contribution in [-0.4, -0.2) is 22.5 Å². The summed E-state index contributed by atoms with van der Waals surface area (Å²) in [7, 11) is -0.455. The van der Waals surface area contributed by atoms with Crippen molar-refractivity contribution in [1.29, 1.82) is 0 Å². The van der Waals surface area contributed by atoms with E-state index in [4.69, 9.17) is 4.42 Å². The third-order valence-corrected chi connectivity index (χ3v) is 6.70. The number of aryl methyl sites for hydroxylation is 2. The third kappa shape index (κ3) is 3.32. The second-order valence-corrected chi connectivity index (χ2v) is 8.77. The molecule has 0 bridgehead atoms. The Bertz CT molecular complexity index is 1340. The standard InChI is InChI=1S/C18H16N4O4S2/c1-21-10-9-19-17(21)27-16-6-4-3-5-13(16)20-28(24,25)12-7-8-14-15(11-12)26-18(23)22(14)2/h3-11,20H,1-2H3. The fourth-order valence-corrected chi connectivity index (χ4v) is 4.72. The van der Waals surface area contributed by atoms with Gasteiger partial charge in [-0.2, -0.15) is 0 Å². The molecule has 4 aromatic rings. The first kappa shape index (κ1) is 18.4. The molecule has 0 fully saturated rings. The van der Waals surface area contributed by atoms with Crippen molar-refractivity contribution >= 4 is 38.6 Å². The van der Waals surface area contributed by atoms with Crippen molar-refractivity contribution in [2.45, 2.75) is 14.9 Å². The first-order chi connectivity index (χ1) is 13.3. The van der Waals surface area contributed by atoms with Crippen LogP contribution in [0.1, 0.15) is 0 Å². The third-order valence-electron chi connectivity index (χ3n) is 4.18. The van der Waals surface area contributed by atoms with E-state index in [0.717, 1.165) is 5.16 Å². The number of imidazole rings is 1. The lowest BCUT2D eigenvalue weighted by atomic mass is 10.3. The van der Waals surface area contributed by atoms with Crippen LogP contribution in [-0.2, 0) is 24.1 Å². The van der Waals surface area contributed by atoms with Crippen LogP contribution in [0.25, 0.3) is 11.1 Å². The van der Waals surface area contributed by atoms with Crippen molar-refractivity contribution in [1.82, 2.24) is 14.1 Å². The highest BCUT2D eigenvalue weighted by Crippen LogP contribution is 2.33. The zero-order valence-electron chi connectivity index (χ0n) is 15.0. The Balaban J connectivity index is 1.69. The first-order valence-corrected chi connectivity index (χ1v) is 10.5. The van der Waals surface area contributed by atoms with Gasteiger partial charge in [0, 0.05) is 37.5 Å². The van der Waals surface area contributed by atoms with Gasteiger partial charge in [-0.25, -0.2) is 18.2 Å². The first-order valence-electron chi connectivity index (χ1n) is 8.22. The van der Waals surface area contributed by atoms with Gasteiger partial charge in [-0.1, -0.05) is 12.1 Å². The van der Waals surface area contributed by atoms with Crippen LogP contribution in [0.2, 0.25) is 0 Å². The average molecular weight is 416 g/mol. The molecule has 0 amide bonds. The van der Waals surface area contributed by atoms with Gasteiger partial charge >= 0.3 is 5.76 Å². The van der Waals surface area contributed by atoms with E-state index in [0.29, 0.717) is 16.1 Å². The summed E-state index contributed by atoms with van der Waals surface area (Å²) in [5.41, 5.74) is 1.17. The number of benzene rings is 2. The zero-order chi connectivity index (χ0) is 19.9. The Morgan fingerprint density at radius 3 is 2.68 bits per heavy atom. The van der Waals surface area contributed by atoms with Gasteiger partial charge in [0.1, 0.15) is 0 Å². The van der Waals surface area contributed by atoms with Crippen LogP contribution in [0.4, 0.5) is 5.69 Å². The minimum absolute atomic E-state index is 0.00569. The molecule has 2 aromatic heterocycles. The number of para-hydroxylation sites is 1. The molecule has 4 rings (SSSR count). The molecule has 8 nitrogen and oxygen atoms in total. The number of aromatic nitrogens is 3. The minimum atomic E-state index is -3.88. The van der Waals surface area contributed by atoms with Gasteiger partial charge in [-0.05, 0) is 36.0 Å². The van der Waals surface area contributed by atoms with E-state index in [-0.39, 0.29) is 10.5 Å². The molecule has 144 valence electrons. The maximum absolute atomic E-state index is 12.9. The average Bonchev–Trinajstić information content (AvgIpc) is 3.19. The number of fused-ring (bicyclic) bond motifs is 1. The Hall–Kier alpha value is -2.98. The molecule has 1 N–H and O–H groups in total. The number of hydrogen-bond donors (Lipinski definition) is 1. The van der Waals surface area contributed by atoms with Crippen molar-refractivity contribution in [2.75, 3.05) is 4.72 Å². The van der Waals surface area contributed by atoms with E-state index in [1.807, 2.05) is 29.9 Å². The summed E-state index contributed by atoms with van der Waals surface area (Å²) >= 11 is 1.35. The second-order valence-electron chi connectivity index (χ2n) is 6.08. The fourth-order valence-electron chi connectivity index (χ4n) is 2.67. The summed E-state index contributed by atoms with van der Waals surface area (Å²) < 4.78 is 36.6. The molecular formula is C18H16N4O4S2. The van der Waals surface area contributed by atoms with E-state index in [1.165, 1.54) is 28.5 Å². The smallest absolute Gasteiger partial charge is 0.408 e. The van der Waals surface area contributed by atoms with Crippen LogP contribution in [0, 0.1) is 0 Å². The highest BCUT2D eigenvalue weighted by molar-refractivity contribution is 7.99. The number of oxazole rings is 1. The van der Waals surface area contributed by atoms with Crippen LogP contribution in [0.5, 0.6) is 0 Å². The molecule has 0 spiro atoms. The molecule has 0 aliphatic rings. The van der Waals surface area contributed by atoms with Gasteiger partial charge in [-0.3, -0.25) is 9.29 Å². The SMILES string of the molecule is Cn1ccnc1Sc1ccccc1NS(=O)(=O)c1ccc2c(c1)oc(=O)n2C. The van der Waals surface area contributed by atoms with Gasteiger partial charge in [0.15, 0.2) is 10.7 Å². The lowest BCUT2D eigenvalue weighted by molar-refractivity contribution is 0.527. The van der Waals surface area contributed by atoms with Gasteiger partial charge < -0.3 is 8.98 Å². The Kier molecular flexibility index (Phi) is 4.52. The van der Waals surface area contributed by atoms with E-state index >= 15 is 0 Å². The summed E-state index contributed by atoms with van der Waals surface area (Å²) in [6, 6.07) is 11.4. The van der Waals surface area contributed by atoms with Gasteiger partial charge in [-0.15, -0.1) is 0 Å². The lowest BCUT2D eigenvalue weighted by Crippen LogP contribution is -2.13. The van der Waals surface area contributed by atoms with Gasteiger partial charge in [0.2, 0.25) is 0 Å². The van der Waals surface area contributed by atoms with Crippen LogP contribution in [0.15, 0.2) is 79.0 Å². The Morgan fingerprint density at radius 1 is 1.14 bits per heavy atom. The Labute approximate surface area is 164 Å². The number of sulfonamides is 1. The number of rotatable bonds is 5. The number of anilines is 1. The maximum Gasteiger partial charge on any atom is 0.419 e.